The van der Waals surface area contributed by atoms with Crippen molar-refractivity contribution < 1.29 is 4.79 Å². The number of rotatable bonds is 3. The molecule has 1 fully saturated rings. The lowest BCUT2D eigenvalue weighted by Crippen LogP contribution is -2.54. The highest BCUT2D eigenvalue weighted by atomic mass is 16.1. The quantitative estimate of drug-likeness (QED) is 0.901. The summed E-state index contributed by atoms with van der Waals surface area (Å²) in [4.78, 5) is 16.1. The van der Waals surface area contributed by atoms with Crippen LogP contribution in [0.5, 0.6) is 0 Å². The van der Waals surface area contributed by atoms with Crippen LogP contribution in [0.3, 0.4) is 0 Å². The largest absolute Gasteiger partial charge is 0.368 e. The van der Waals surface area contributed by atoms with E-state index in [4.69, 9.17) is 11.5 Å². The fourth-order valence-electron chi connectivity index (χ4n) is 3.16. The Morgan fingerprint density at radius 2 is 2.10 bits per heavy atom. The van der Waals surface area contributed by atoms with Gasteiger partial charge in [0.2, 0.25) is 5.91 Å². The zero-order valence-electron chi connectivity index (χ0n) is 11.9. The number of benzene rings is 1. The van der Waals surface area contributed by atoms with Gasteiger partial charge >= 0.3 is 0 Å². The predicted octanol–water partition coefficient (Wildman–Crippen LogP) is 1.85. The summed E-state index contributed by atoms with van der Waals surface area (Å²) in [6.07, 6.45) is 6.87. The SMILES string of the molecule is NC(=O)C1(N)CCCC(n2ccnc2-c2ccccc2)C1. The number of amides is 1. The topological polar surface area (TPSA) is 86.9 Å². The monoisotopic (exact) mass is 284 g/mol. The second-order valence-electron chi connectivity index (χ2n) is 5.79. The Morgan fingerprint density at radius 3 is 2.81 bits per heavy atom. The summed E-state index contributed by atoms with van der Waals surface area (Å²) in [5.74, 6) is 0.503. The van der Waals surface area contributed by atoms with Crippen LogP contribution in [0.25, 0.3) is 11.4 Å². The molecule has 0 radical (unpaired) electrons. The first-order valence-electron chi connectivity index (χ1n) is 7.27. The second kappa shape index (κ2) is 5.33. The molecule has 1 aromatic carbocycles. The highest BCUT2D eigenvalue weighted by Gasteiger charge is 2.38. The van der Waals surface area contributed by atoms with Crippen molar-refractivity contribution >= 4 is 5.91 Å². The maximum Gasteiger partial charge on any atom is 0.237 e. The molecule has 5 nitrogen and oxygen atoms in total. The summed E-state index contributed by atoms with van der Waals surface area (Å²) < 4.78 is 2.12. The maximum absolute atomic E-state index is 11.6. The standard InChI is InChI=1S/C16H20N4O/c17-15(21)16(18)8-4-7-13(11-16)20-10-9-19-14(20)12-5-2-1-3-6-12/h1-3,5-6,9-10,13H,4,7-8,11,18H2,(H2,17,21). The number of hydrogen-bond donors (Lipinski definition) is 2. The fraction of sp³-hybridized carbons (Fsp3) is 0.375. The first-order chi connectivity index (χ1) is 10.1. The van der Waals surface area contributed by atoms with E-state index in [9.17, 15) is 4.79 Å². The van der Waals surface area contributed by atoms with Crippen LogP contribution in [0.1, 0.15) is 31.7 Å². The van der Waals surface area contributed by atoms with Crippen molar-refractivity contribution in [3.8, 4) is 11.4 Å². The van der Waals surface area contributed by atoms with Crippen LogP contribution in [-0.2, 0) is 4.79 Å². The fourth-order valence-corrected chi connectivity index (χ4v) is 3.16. The van der Waals surface area contributed by atoms with Gasteiger partial charge in [-0.3, -0.25) is 4.79 Å². The Kier molecular flexibility index (Phi) is 3.51. The van der Waals surface area contributed by atoms with E-state index in [1.54, 1.807) is 6.20 Å². The van der Waals surface area contributed by atoms with Crippen molar-refractivity contribution in [2.75, 3.05) is 0 Å². The van der Waals surface area contributed by atoms with E-state index < -0.39 is 11.4 Å². The molecule has 110 valence electrons. The number of aromatic nitrogens is 2. The van der Waals surface area contributed by atoms with Crippen LogP contribution in [0, 0.1) is 0 Å². The van der Waals surface area contributed by atoms with Crippen molar-refractivity contribution in [1.82, 2.24) is 9.55 Å². The van der Waals surface area contributed by atoms with Gasteiger partial charge in [0.15, 0.2) is 0 Å². The van der Waals surface area contributed by atoms with E-state index in [0.29, 0.717) is 12.8 Å². The third-order valence-electron chi connectivity index (χ3n) is 4.34. The Bertz CT molecular complexity index is 637. The molecule has 2 unspecified atom stereocenters. The molecule has 1 aromatic heterocycles. The summed E-state index contributed by atoms with van der Waals surface area (Å²) in [7, 11) is 0. The van der Waals surface area contributed by atoms with E-state index in [0.717, 1.165) is 24.2 Å². The highest BCUT2D eigenvalue weighted by Crippen LogP contribution is 2.36. The molecule has 1 aliphatic carbocycles. The van der Waals surface area contributed by atoms with Crippen molar-refractivity contribution in [1.29, 1.82) is 0 Å². The van der Waals surface area contributed by atoms with Gasteiger partial charge in [-0.15, -0.1) is 0 Å². The van der Waals surface area contributed by atoms with E-state index in [-0.39, 0.29) is 6.04 Å². The lowest BCUT2D eigenvalue weighted by molar-refractivity contribution is -0.124. The molecular formula is C16H20N4O. The van der Waals surface area contributed by atoms with Crippen molar-refractivity contribution in [3.05, 3.63) is 42.7 Å². The summed E-state index contributed by atoms with van der Waals surface area (Å²) >= 11 is 0. The lowest BCUT2D eigenvalue weighted by Gasteiger charge is -2.36. The minimum absolute atomic E-state index is 0.161. The molecule has 1 amide bonds. The smallest absolute Gasteiger partial charge is 0.237 e. The third kappa shape index (κ3) is 2.56. The summed E-state index contributed by atoms with van der Waals surface area (Å²) in [5, 5.41) is 0. The van der Waals surface area contributed by atoms with E-state index >= 15 is 0 Å². The van der Waals surface area contributed by atoms with Gasteiger partial charge in [-0.05, 0) is 25.7 Å². The van der Waals surface area contributed by atoms with Crippen LogP contribution in [-0.4, -0.2) is 21.0 Å². The van der Waals surface area contributed by atoms with Gasteiger partial charge in [-0.25, -0.2) is 4.98 Å². The van der Waals surface area contributed by atoms with Crippen LogP contribution in [0.2, 0.25) is 0 Å². The van der Waals surface area contributed by atoms with Gasteiger partial charge in [0.25, 0.3) is 0 Å². The number of hydrogen-bond acceptors (Lipinski definition) is 3. The number of imidazole rings is 1. The molecule has 3 rings (SSSR count). The first kappa shape index (κ1) is 13.8. The molecule has 4 N–H and O–H groups in total. The van der Waals surface area contributed by atoms with Crippen LogP contribution in [0.4, 0.5) is 0 Å². The van der Waals surface area contributed by atoms with Gasteiger partial charge < -0.3 is 16.0 Å². The van der Waals surface area contributed by atoms with Crippen molar-refractivity contribution in [2.24, 2.45) is 11.5 Å². The van der Waals surface area contributed by atoms with Gasteiger partial charge in [0, 0.05) is 24.0 Å². The maximum atomic E-state index is 11.6. The highest BCUT2D eigenvalue weighted by molar-refractivity contribution is 5.84. The van der Waals surface area contributed by atoms with Crippen LogP contribution in [0.15, 0.2) is 42.7 Å². The molecule has 21 heavy (non-hydrogen) atoms. The molecule has 2 atom stereocenters. The molecular weight excluding hydrogens is 264 g/mol. The zero-order valence-corrected chi connectivity index (χ0v) is 11.9. The number of nitrogens with zero attached hydrogens (tertiary/aromatic N) is 2. The molecule has 0 bridgehead atoms. The molecule has 2 aromatic rings. The molecule has 1 saturated carbocycles. The Morgan fingerprint density at radius 1 is 1.33 bits per heavy atom. The molecule has 1 heterocycles. The van der Waals surface area contributed by atoms with E-state index in [2.05, 4.69) is 9.55 Å². The predicted molar refractivity (Wildman–Crippen MR) is 81.3 cm³/mol. The molecule has 0 aliphatic heterocycles. The van der Waals surface area contributed by atoms with Gasteiger partial charge in [-0.1, -0.05) is 30.3 Å². The average molecular weight is 284 g/mol. The van der Waals surface area contributed by atoms with Gasteiger partial charge in [-0.2, -0.15) is 0 Å². The first-order valence-corrected chi connectivity index (χ1v) is 7.27. The van der Waals surface area contributed by atoms with E-state index in [1.807, 2.05) is 36.5 Å². The number of carbonyl (C=O) groups is 1. The minimum Gasteiger partial charge on any atom is -0.368 e. The summed E-state index contributed by atoms with van der Waals surface area (Å²) in [5.41, 5.74) is 11.8. The Balaban J connectivity index is 1.92. The lowest BCUT2D eigenvalue weighted by atomic mass is 9.79. The minimum atomic E-state index is -0.902. The Hall–Kier alpha value is -2.14. The molecule has 1 aliphatic rings. The Labute approximate surface area is 124 Å². The van der Waals surface area contributed by atoms with Gasteiger partial charge in [0.1, 0.15) is 5.82 Å². The molecule has 0 spiro atoms. The van der Waals surface area contributed by atoms with E-state index in [1.165, 1.54) is 0 Å². The van der Waals surface area contributed by atoms with Crippen molar-refractivity contribution in [2.45, 2.75) is 37.3 Å². The summed E-state index contributed by atoms with van der Waals surface area (Å²) in [6.45, 7) is 0. The van der Waals surface area contributed by atoms with Crippen LogP contribution >= 0.6 is 0 Å². The molecule has 0 saturated heterocycles. The third-order valence-corrected chi connectivity index (χ3v) is 4.34. The zero-order chi connectivity index (χ0) is 14.9. The summed E-state index contributed by atoms with van der Waals surface area (Å²) in [6, 6.07) is 10.2. The average Bonchev–Trinajstić information content (AvgIpc) is 2.97. The van der Waals surface area contributed by atoms with Crippen LogP contribution < -0.4 is 11.5 Å². The normalized spacial score (nSPS) is 25.7. The second-order valence-corrected chi connectivity index (χ2v) is 5.79. The number of carbonyl (C=O) groups excluding carboxylic acids is 1. The number of nitrogens with two attached hydrogens (primary N) is 2. The number of primary amides is 1. The van der Waals surface area contributed by atoms with Crippen molar-refractivity contribution in [3.63, 3.8) is 0 Å². The van der Waals surface area contributed by atoms with Gasteiger partial charge in [0.05, 0.1) is 5.54 Å². The molecule has 5 heteroatoms.